The third-order valence-corrected chi connectivity index (χ3v) is 7.30. The number of halogens is 4. The van der Waals surface area contributed by atoms with Crippen molar-refractivity contribution >= 4 is 29.3 Å². The molecule has 2 atom stereocenters. The van der Waals surface area contributed by atoms with Crippen LogP contribution >= 0.6 is 11.6 Å². The van der Waals surface area contributed by atoms with Crippen LogP contribution in [0.15, 0.2) is 30.3 Å². The van der Waals surface area contributed by atoms with Crippen molar-refractivity contribution < 1.29 is 27.9 Å². The second-order valence-corrected chi connectivity index (χ2v) is 10.5. The molecule has 0 bridgehead atoms. The van der Waals surface area contributed by atoms with E-state index in [0.29, 0.717) is 13.0 Å². The molecule has 1 saturated heterocycles. The van der Waals surface area contributed by atoms with Gasteiger partial charge in [-0.25, -0.2) is 4.98 Å². The highest BCUT2D eigenvalue weighted by atomic mass is 35.5. The molecule has 1 amide bonds. The van der Waals surface area contributed by atoms with Crippen molar-refractivity contribution in [2.75, 3.05) is 31.5 Å². The number of pyridine rings is 1. The van der Waals surface area contributed by atoms with E-state index in [2.05, 4.69) is 27.7 Å². The Morgan fingerprint density at radius 3 is 2.82 bits per heavy atom. The molecule has 1 aromatic carbocycles. The summed E-state index contributed by atoms with van der Waals surface area (Å²) < 4.78 is 39.8. The van der Waals surface area contributed by atoms with Crippen LogP contribution < -0.4 is 10.6 Å². The molecule has 2 unspecified atom stereocenters. The first-order valence-electron chi connectivity index (χ1n) is 12.9. The van der Waals surface area contributed by atoms with Gasteiger partial charge in [0.05, 0.1) is 23.9 Å². The lowest BCUT2D eigenvalue weighted by atomic mass is 9.95. The van der Waals surface area contributed by atoms with Crippen LogP contribution in [-0.4, -0.2) is 53.0 Å². The van der Waals surface area contributed by atoms with Crippen LogP contribution in [0.3, 0.4) is 0 Å². The van der Waals surface area contributed by atoms with Crippen LogP contribution in [0.1, 0.15) is 60.5 Å². The second kappa shape index (κ2) is 12.3. The van der Waals surface area contributed by atoms with E-state index < -0.39 is 30.2 Å². The molecule has 0 aliphatic carbocycles. The molecule has 3 N–H and O–H groups in total. The number of carbonyl (C=O) groups is 2. The van der Waals surface area contributed by atoms with Gasteiger partial charge in [-0.1, -0.05) is 17.7 Å². The fourth-order valence-electron chi connectivity index (χ4n) is 5.16. The normalized spacial score (nSPS) is 18.8. The highest BCUT2D eigenvalue weighted by Gasteiger charge is 2.33. The monoisotopic (exact) mass is 552 g/mol. The van der Waals surface area contributed by atoms with Crippen molar-refractivity contribution in [2.24, 2.45) is 5.92 Å². The predicted molar refractivity (Wildman–Crippen MR) is 138 cm³/mol. The van der Waals surface area contributed by atoms with Crippen LogP contribution in [-0.2, 0) is 28.6 Å². The number of piperidine rings is 1. The number of likely N-dealkylation sites (tertiary alicyclic amines) is 1. The van der Waals surface area contributed by atoms with E-state index in [4.69, 9.17) is 16.6 Å². The number of aryl methyl sites for hydroxylation is 2. The Morgan fingerprint density at radius 1 is 1.24 bits per heavy atom. The lowest BCUT2D eigenvalue weighted by Gasteiger charge is -2.33. The van der Waals surface area contributed by atoms with Crippen molar-refractivity contribution in [3.63, 3.8) is 0 Å². The van der Waals surface area contributed by atoms with Gasteiger partial charge >= 0.3 is 12.1 Å². The van der Waals surface area contributed by atoms with E-state index in [-0.39, 0.29) is 22.4 Å². The first-order valence-corrected chi connectivity index (χ1v) is 13.3. The summed E-state index contributed by atoms with van der Waals surface area (Å²) in [6, 6.07) is 5.97. The zero-order chi connectivity index (χ0) is 27.3. The number of fused-ring (bicyclic) bond motifs is 1. The van der Waals surface area contributed by atoms with Gasteiger partial charge in [0.2, 0.25) is 5.91 Å². The van der Waals surface area contributed by atoms with Crippen LogP contribution in [0.5, 0.6) is 0 Å². The van der Waals surface area contributed by atoms with Gasteiger partial charge in [0.25, 0.3) is 0 Å². The number of aromatic nitrogens is 1. The van der Waals surface area contributed by atoms with Crippen LogP contribution in [0.4, 0.5) is 19.0 Å². The molecule has 2 aromatic rings. The minimum Gasteiger partial charge on any atom is -0.481 e. The fourth-order valence-corrected chi connectivity index (χ4v) is 5.40. The quantitative estimate of drug-likeness (QED) is 0.401. The highest BCUT2D eigenvalue weighted by molar-refractivity contribution is 6.30. The summed E-state index contributed by atoms with van der Waals surface area (Å²) in [5.41, 5.74) is 1.30. The number of alkyl halides is 3. The maximum Gasteiger partial charge on any atom is 0.416 e. The molecule has 4 rings (SSSR count). The van der Waals surface area contributed by atoms with Gasteiger partial charge in [-0.2, -0.15) is 13.2 Å². The van der Waals surface area contributed by atoms with Crippen LogP contribution in [0.25, 0.3) is 0 Å². The van der Waals surface area contributed by atoms with E-state index in [9.17, 15) is 27.9 Å². The molecule has 11 heteroatoms. The highest BCUT2D eigenvalue weighted by Crippen LogP contribution is 2.34. The van der Waals surface area contributed by atoms with Gasteiger partial charge in [-0.05, 0) is 87.0 Å². The van der Waals surface area contributed by atoms with Crippen molar-refractivity contribution in [2.45, 2.75) is 57.2 Å². The molecule has 1 aromatic heterocycles. The molecule has 0 saturated carbocycles. The zero-order valence-corrected chi connectivity index (χ0v) is 21.7. The Bertz CT molecular complexity index is 1160. The van der Waals surface area contributed by atoms with Gasteiger partial charge in [0.15, 0.2) is 0 Å². The number of nitrogens with zero attached hydrogens (tertiary/aromatic N) is 2. The van der Waals surface area contributed by atoms with Crippen molar-refractivity contribution in [1.82, 2.24) is 15.2 Å². The van der Waals surface area contributed by atoms with Crippen molar-refractivity contribution in [3.8, 4) is 0 Å². The Labute approximate surface area is 224 Å². The summed E-state index contributed by atoms with van der Waals surface area (Å²) in [6.07, 6.45) is 0.0870. The SMILES string of the molecule is O=C(O)CC(NC(=O)C1CCCN(CCCc2ccc3c(n2)NCCC3)C1)c1cc(Cl)cc(C(F)(F)F)c1. The van der Waals surface area contributed by atoms with Crippen molar-refractivity contribution in [1.29, 1.82) is 0 Å². The van der Waals surface area contributed by atoms with E-state index in [1.54, 1.807) is 0 Å². The van der Waals surface area contributed by atoms with Crippen LogP contribution in [0, 0.1) is 5.92 Å². The number of benzene rings is 1. The largest absolute Gasteiger partial charge is 0.481 e. The van der Waals surface area contributed by atoms with Crippen molar-refractivity contribution in [3.05, 3.63) is 57.7 Å². The number of aliphatic carboxylic acids is 1. The van der Waals surface area contributed by atoms with Gasteiger partial charge in [-0.15, -0.1) is 0 Å². The topological polar surface area (TPSA) is 94.6 Å². The minimum absolute atomic E-state index is 0.0141. The number of carbonyl (C=O) groups excluding carboxylic acids is 1. The number of carboxylic acid groups (broad SMARTS) is 1. The van der Waals surface area contributed by atoms with E-state index in [1.807, 2.05) is 0 Å². The molecule has 38 heavy (non-hydrogen) atoms. The molecule has 7 nitrogen and oxygen atoms in total. The predicted octanol–water partition coefficient (Wildman–Crippen LogP) is 5.09. The number of carboxylic acids is 1. The Hall–Kier alpha value is -2.85. The van der Waals surface area contributed by atoms with Gasteiger partial charge in [0, 0.05) is 23.8 Å². The maximum absolute atomic E-state index is 13.3. The van der Waals surface area contributed by atoms with Gasteiger partial charge in [-0.3, -0.25) is 9.59 Å². The lowest BCUT2D eigenvalue weighted by Crippen LogP contribution is -2.44. The molecular formula is C27H32ClF3N4O3. The number of hydrogen-bond donors (Lipinski definition) is 3. The molecule has 0 spiro atoms. The smallest absolute Gasteiger partial charge is 0.416 e. The first kappa shape index (κ1) is 28.2. The Balaban J connectivity index is 1.35. The van der Waals surface area contributed by atoms with Gasteiger partial charge in [0.1, 0.15) is 5.82 Å². The third kappa shape index (κ3) is 7.60. The van der Waals surface area contributed by atoms with Crippen LogP contribution in [0.2, 0.25) is 5.02 Å². The fraction of sp³-hybridized carbons (Fsp3) is 0.519. The molecule has 2 aliphatic rings. The average Bonchev–Trinajstić information content (AvgIpc) is 2.87. The number of anilines is 1. The molecular weight excluding hydrogens is 521 g/mol. The van der Waals surface area contributed by atoms with E-state index >= 15 is 0 Å². The Morgan fingerprint density at radius 2 is 2.05 bits per heavy atom. The Kier molecular flexibility index (Phi) is 9.15. The molecule has 2 aliphatic heterocycles. The number of rotatable bonds is 9. The molecule has 0 radical (unpaired) electrons. The zero-order valence-electron chi connectivity index (χ0n) is 21.0. The summed E-state index contributed by atoms with van der Waals surface area (Å²) in [6.45, 7) is 3.09. The number of amides is 1. The summed E-state index contributed by atoms with van der Waals surface area (Å²) in [5.74, 6) is -1.01. The summed E-state index contributed by atoms with van der Waals surface area (Å²) in [7, 11) is 0. The standard InChI is InChI=1S/C27H32ClF3N4O3/c28-21-13-19(12-20(14-21)27(29,30)31)23(15-24(36)37)34-26(38)18-5-2-10-35(16-18)11-3-6-22-8-7-17-4-1-9-32-25(17)33-22/h7-8,12-14,18,23H,1-6,9-11,15-16H2,(H,32,33)(H,34,38)(H,36,37). The van der Waals surface area contributed by atoms with E-state index in [1.165, 1.54) is 11.6 Å². The molecule has 1 fully saturated rings. The van der Waals surface area contributed by atoms with E-state index in [0.717, 1.165) is 75.4 Å². The molecule has 3 heterocycles. The number of hydrogen-bond acceptors (Lipinski definition) is 5. The van der Waals surface area contributed by atoms with Gasteiger partial charge < -0.3 is 20.6 Å². The second-order valence-electron chi connectivity index (χ2n) is 10.0. The maximum atomic E-state index is 13.3. The third-order valence-electron chi connectivity index (χ3n) is 7.08. The summed E-state index contributed by atoms with van der Waals surface area (Å²) in [5, 5.41) is 15.2. The molecule has 206 valence electrons. The average molecular weight is 553 g/mol. The minimum atomic E-state index is -4.65. The first-order chi connectivity index (χ1) is 18.1. The summed E-state index contributed by atoms with van der Waals surface area (Å²) >= 11 is 5.89. The lowest BCUT2D eigenvalue weighted by molar-refractivity contribution is -0.138. The summed E-state index contributed by atoms with van der Waals surface area (Å²) in [4.78, 5) is 31.5. The number of nitrogens with one attached hydrogen (secondary N) is 2.